The second-order valence-electron chi connectivity index (χ2n) is 7.31. The van der Waals surface area contributed by atoms with Gasteiger partial charge in [0.2, 0.25) is 17.6 Å². The lowest BCUT2D eigenvalue weighted by Crippen LogP contribution is -2.15. The molecule has 0 fully saturated rings. The van der Waals surface area contributed by atoms with Crippen LogP contribution in [0.1, 0.15) is 33.8 Å². The van der Waals surface area contributed by atoms with E-state index >= 15 is 0 Å². The first kappa shape index (κ1) is 21.5. The molecule has 160 valence electrons. The van der Waals surface area contributed by atoms with Crippen molar-refractivity contribution in [1.29, 1.82) is 0 Å². The lowest BCUT2D eigenvalue weighted by atomic mass is 10.0. The predicted molar refractivity (Wildman–Crippen MR) is 123 cm³/mol. The van der Waals surface area contributed by atoms with Crippen molar-refractivity contribution in [2.45, 2.75) is 19.8 Å². The monoisotopic (exact) mass is 445 g/mol. The molecule has 1 N–H and O–H groups in total. The van der Waals surface area contributed by atoms with Gasteiger partial charge < -0.3 is 9.84 Å². The predicted octanol–water partition coefficient (Wildman–Crippen LogP) is 5.50. The molecule has 1 heterocycles. The largest absolute Gasteiger partial charge is 0.339 e. The Morgan fingerprint density at radius 2 is 1.81 bits per heavy atom. The van der Waals surface area contributed by atoms with E-state index in [1.54, 1.807) is 42.5 Å². The third-order valence-corrected chi connectivity index (χ3v) is 5.08. The van der Waals surface area contributed by atoms with Crippen molar-refractivity contribution in [3.8, 4) is 11.4 Å². The number of ketones is 1. The summed E-state index contributed by atoms with van der Waals surface area (Å²) in [5.74, 6) is 0.360. The first-order chi connectivity index (χ1) is 15.5. The van der Waals surface area contributed by atoms with Crippen LogP contribution in [0, 0.1) is 6.92 Å². The minimum atomic E-state index is -0.273. The number of halogens is 1. The summed E-state index contributed by atoms with van der Waals surface area (Å²) in [4.78, 5) is 29.8. The van der Waals surface area contributed by atoms with Crippen LogP contribution in [0.15, 0.2) is 77.3 Å². The highest BCUT2D eigenvalue weighted by Gasteiger charge is 2.17. The van der Waals surface area contributed by atoms with Crippen LogP contribution in [-0.4, -0.2) is 21.8 Å². The number of rotatable bonds is 7. The summed E-state index contributed by atoms with van der Waals surface area (Å²) >= 11 is 6.10. The first-order valence-electron chi connectivity index (χ1n) is 10.1. The van der Waals surface area contributed by atoms with Crippen LogP contribution < -0.4 is 5.32 Å². The van der Waals surface area contributed by atoms with Crippen LogP contribution in [0.4, 0.5) is 5.69 Å². The number of amides is 1. The van der Waals surface area contributed by atoms with Gasteiger partial charge in [0, 0.05) is 34.6 Å². The van der Waals surface area contributed by atoms with Gasteiger partial charge in [0.05, 0.1) is 5.69 Å². The highest BCUT2D eigenvalue weighted by molar-refractivity contribution is 6.31. The first-order valence-corrected chi connectivity index (χ1v) is 10.5. The second kappa shape index (κ2) is 9.58. The molecular formula is C25H20ClN3O3. The number of nitrogens with zero attached hydrogens (tertiary/aromatic N) is 2. The minimum absolute atomic E-state index is 0.122. The van der Waals surface area contributed by atoms with Crippen LogP contribution in [0.5, 0.6) is 0 Å². The molecule has 0 aliphatic carbocycles. The van der Waals surface area contributed by atoms with E-state index in [0.717, 1.165) is 11.1 Å². The molecule has 0 spiro atoms. The number of carbonyl (C=O) groups excluding carboxylic acids is 2. The zero-order valence-electron chi connectivity index (χ0n) is 17.3. The number of hydrogen-bond donors (Lipinski definition) is 1. The number of aromatic nitrogens is 2. The maximum absolute atomic E-state index is 12.9. The van der Waals surface area contributed by atoms with E-state index in [1.165, 1.54) is 0 Å². The van der Waals surface area contributed by atoms with Crippen molar-refractivity contribution >= 4 is 29.0 Å². The van der Waals surface area contributed by atoms with Gasteiger partial charge in [0.15, 0.2) is 5.78 Å². The van der Waals surface area contributed by atoms with E-state index in [2.05, 4.69) is 15.5 Å². The molecular weight excluding hydrogens is 426 g/mol. The minimum Gasteiger partial charge on any atom is -0.339 e. The zero-order chi connectivity index (χ0) is 22.5. The molecule has 7 heteroatoms. The molecule has 0 bridgehead atoms. The second-order valence-corrected chi connectivity index (χ2v) is 7.75. The highest BCUT2D eigenvalue weighted by Crippen LogP contribution is 2.24. The standard InChI is InChI=1S/C25H20ClN3O3/c1-16-6-5-9-18(14-16)25-28-23(32-29-25)13-12-22(30)27-21-11-10-19(26)15-20(21)24(31)17-7-3-2-4-8-17/h2-11,14-15H,12-13H2,1H3,(H,27,30). The van der Waals surface area contributed by atoms with Gasteiger partial charge in [-0.2, -0.15) is 4.98 Å². The Bertz CT molecular complexity index is 1270. The highest BCUT2D eigenvalue weighted by atomic mass is 35.5. The van der Waals surface area contributed by atoms with Gasteiger partial charge in [-0.05, 0) is 31.2 Å². The number of nitrogens with one attached hydrogen (secondary N) is 1. The van der Waals surface area contributed by atoms with Gasteiger partial charge in [-0.25, -0.2) is 0 Å². The molecule has 3 aromatic carbocycles. The van der Waals surface area contributed by atoms with Crippen molar-refractivity contribution in [2.24, 2.45) is 0 Å². The Morgan fingerprint density at radius 3 is 2.59 bits per heavy atom. The molecule has 1 aromatic heterocycles. The molecule has 4 rings (SSSR count). The third-order valence-electron chi connectivity index (χ3n) is 4.85. The average molecular weight is 446 g/mol. The van der Waals surface area contributed by atoms with E-state index < -0.39 is 0 Å². The number of aryl methyl sites for hydroxylation is 2. The van der Waals surface area contributed by atoms with Crippen molar-refractivity contribution in [3.63, 3.8) is 0 Å². The fourth-order valence-corrected chi connectivity index (χ4v) is 3.42. The molecule has 32 heavy (non-hydrogen) atoms. The summed E-state index contributed by atoms with van der Waals surface area (Å²) in [7, 11) is 0. The van der Waals surface area contributed by atoms with Crippen LogP contribution in [0.25, 0.3) is 11.4 Å². The summed E-state index contributed by atoms with van der Waals surface area (Å²) in [5.41, 5.74) is 3.20. The molecule has 0 saturated carbocycles. The van der Waals surface area contributed by atoms with Gasteiger partial charge >= 0.3 is 0 Å². The molecule has 1 amide bonds. The topological polar surface area (TPSA) is 85.1 Å². The molecule has 0 aliphatic heterocycles. The van der Waals surface area contributed by atoms with E-state index in [4.69, 9.17) is 16.1 Å². The molecule has 0 unspecified atom stereocenters. The Hall–Kier alpha value is -3.77. The molecule has 0 aliphatic rings. The average Bonchev–Trinajstić information content (AvgIpc) is 3.28. The summed E-state index contributed by atoms with van der Waals surface area (Å²) in [6.07, 6.45) is 0.400. The Morgan fingerprint density at radius 1 is 1.00 bits per heavy atom. The fourth-order valence-electron chi connectivity index (χ4n) is 3.25. The van der Waals surface area contributed by atoms with Gasteiger partial charge in [-0.15, -0.1) is 0 Å². The molecule has 4 aromatic rings. The number of benzene rings is 3. The SMILES string of the molecule is Cc1cccc(-c2noc(CCC(=O)Nc3ccc(Cl)cc3C(=O)c3ccccc3)n2)c1. The zero-order valence-corrected chi connectivity index (χ0v) is 18.1. The Balaban J connectivity index is 1.43. The van der Waals surface area contributed by atoms with Crippen molar-refractivity contribution in [3.05, 3.63) is 100 Å². The number of carbonyl (C=O) groups is 2. The van der Waals surface area contributed by atoms with Crippen LogP contribution in [0.2, 0.25) is 5.02 Å². The Labute approximate surface area is 190 Å². The summed E-state index contributed by atoms with van der Waals surface area (Å²) in [5, 5.41) is 7.20. The van der Waals surface area contributed by atoms with Crippen molar-refractivity contribution in [1.82, 2.24) is 10.1 Å². The normalized spacial score (nSPS) is 10.7. The summed E-state index contributed by atoms with van der Waals surface area (Å²) in [6, 6.07) is 21.4. The lowest BCUT2D eigenvalue weighted by molar-refractivity contribution is -0.116. The lowest BCUT2D eigenvalue weighted by Gasteiger charge is -2.11. The van der Waals surface area contributed by atoms with Gasteiger partial charge in [-0.3, -0.25) is 9.59 Å². The van der Waals surface area contributed by atoms with Crippen LogP contribution >= 0.6 is 11.6 Å². The third kappa shape index (κ3) is 5.10. The van der Waals surface area contributed by atoms with E-state index in [9.17, 15) is 9.59 Å². The summed E-state index contributed by atoms with van der Waals surface area (Å²) < 4.78 is 5.28. The smallest absolute Gasteiger partial charge is 0.227 e. The maximum atomic E-state index is 12.9. The van der Waals surface area contributed by atoms with E-state index in [1.807, 2.05) is 37.3 Å². The molecule has 0 radical (unpaired) electrons. The fraction of sp³-hybridized carbons (Fsp3) is 0.120. The van der Waals surface area contributed by atoms with E-state index in [0.29, 0.717) is 33.6 Å². The van der Waals surface area contributed by atoms with Crippen molar-refractivity contribution < 1.29 is 14.1 Å². The van der Waals surface area contributed by atoms with Crippen LogP contribution in [0.3, 0.4) is 0 Å². The number of anilines is 1. The molecule has 0 atom stereocenters. The quantitative estimate of drug-likeness (QED) is 0.379. The van der Waals surface area contributed by atoms with Gasteiger partial charge in [-0.1, -0.05) is 70.9 Å². The molecule has 0 saturated heterocycles. The molecule has 6 nitrogen and oxygen atoms in total. The Kier molecular flexibility index (Phi) is 6.42. The van der Waals surface area contributed by atoms with Crippen LogP contribution in [-0.2, 0) is 11.2 Å². The van der Waals surface area contributed by atoms with Gasteiger partial charge in [0.1, 0.15) is 0 Å². The summed E-state index contributed by atoms with van der Waals surface area (Å²) in [6.45, 7) is 1.99. The van der Waals surface area contributed by atoms with E-state index in [-0.39, 0.29) is 24.5 Å². The maximum Gasteiger partial charge on any atom is 0.227 e. The number of hydrogen-bond acceptors (Lipinski definition) is 5. The van der Waals surface area contributed by atoms with Crippen molar-refractivity contribution in [2.75, 3.05) is 5.32 Å². The van der Waals surface area contributed by atoms with Gasteiger partial charge in [0.25, 0.3) is 0 Å².